The largest absolute Gasteiger partial charge is 0.382 e. The highest BCUT2D eigenvalue weighted by Crippen LogP contribution is 2.23. The molecule has 2 aromatic carbocycles. The first-order chi connectivity index (χ1) is 15.9. The lowest BCUT2D eigenvalue weighted by Gasteiger charge is -2.12. The Hall–Kier alpha value is -3.20. The van der Waals surface area contributed by atoms with Crippen LogP contribution in [0.25, 0.3) is 11.3 Å². The Kier molecular flexibility index (Phi) is 7.08. The molecule has 1 aliphatic heterocycles. The predicted molar refractivity (Wildman–Crippen MR) is 128 cm³/mol. The third-order valence-electron chi connectivity index (χ3n) is 5.27. The van der Waals surface area contributed by atoms with E-state index in [1.165, 1.54) is 6.20 Å². The number of amides is 2. The topological polar surface area (TPSA) is 122 Å². The van der Waals surface area contributed by atoms with Gasteiger partial charge in [-0.2, -0.15) is 0 Å². The van der Waals surface area contributed by atoms with Crippen LogP contribution in [0, 0.1) is 0 Å². The lowest BCUT2D eigenvalue weighted by molar-refractivity contribution is 0.0932. The second kappa shape index (κ2) is 10.2. The maximum absolute atomic E-state index is 12.7. The molecule has 5 N–H and O–H groups in total. The van der Waals surface area contributed by atoms with Crippen LogP contribution in [0.5, 0.6) is 0 Å². The monoisotopic (exact) mass is 484 g/mol. The van der Waals surface area contributed by atoms with E-state index in [2.05, 4.69) is 25.9 Å². The molecule has 1 saturated heterocycles. The zero-order valence-electron chi connectivity index (χ0n) is 17.6. The van der Waals surface area contributed by atoms with Crippen molar-refractivity contribution in [2.45, 2.75) is 19.0 Å². The Labute approximate surface area is 200 Å². The highest BCUT2D eigenvalue weighted by molar-refractivity contribution is 6.42. The molecule has 33 heavy (non-hydrogen) atoms. The summed E-state index contributed by atoms with van der Waals surface area (Å²) in [6, 6.07) is 12.1. The normalized spacial score (nSPS) is 15.3. The van der Waals surface area contributed by atoms with Gasteiger partial charge in [0.2, 0.25) is 0 Å². The molecule has 8 nitrogen and oxygen atoms in total. The van der Waals surface area contributed by atoms with E-state index in [0.29, 0.717) is 40.0 Å². The van der Waals surface area contributed by atoms with E-state index < -0.39 is 0 Å². The molecule has 2 amide bonds. The molecule has 1 atom stereocenters. The van der Waals surface area contributed by atoms with E-state index in [0.717, 1.165) is 18.5 Å². The number of carbonyl (C=O) groups is 2. The summed E-state index contributed by atoms with van der Waals surface area (Å²) in [4.78, 5) is 33.9. The van der Waals surface area contributed by atoms with Crippen LogP contribution in [0.4, 0.5) is 5.82 Å². The smallest absolute Gasteiger partial charge is 0.274 e. The summed E-state index contributed by atoms with van der Waals surface area (Å²) in [6.07, 6.45) is 2.33. The summed E-state index contributed by atoms with van der Waals surface area (Å²) in [6.45, 7) is 1.85. The van der Waals surface area contributed by atoms with Gasteiger partial charge in [-0.3, -0.25) is 9.59 Å². The van der Waals surface area contributed by atoms with Gasteiger partial charge in [0.15, 0.2) is 11.5 Å². The summed E-state index contributed by atoms with van der Waals surface area (Å²) in [5, 5.41) is 9.85. The number of anilines is 1. The fraction of sp³-hybridized carbons (Fsp3) is 0.217. The number of rotatable bonds is 6. The first-order valence-corrected chi connectivity index (χ1v) is 11.1. The van der Waals surface area contributed by atoms with Gasteiger partial charge in [0.1, 0.15) is 0 Å². The van der Waals surface area contributed by atoms with E-state index >= 15 is 0 Å². The first kappa shape index (κ1) is 23.0. The zero-order chi connectivity index (χ0) is 23.4. The Morgan fingerprint density at radius 2 is 1.97 bits per heavy atom. The number of nitrogens with one attached hydrogen (secondary N) is 3. The second-order valence-corrected chi connectivity index (χ2v) is 8.48. The molecule has 10 heteroatoms. The number of nitrogens with two attached hydrogens (primary N) is 1. The second-order valence-electron chi connectivity index (χ2n) is 7.66. The number of carbonyl (C=O) groups excluding carboxylic acids is 2. The molecule has 0 aliphatic carbocycles. The Morgan fingerprint density at radius 3 is 2.73 bits per heavy atom. The van der Waals surface area contributed by atoms with Gasteiger partial charge in [0.05, 0.1) is 21.9 Å². The van der Waals surface area contributed by atoms with Crippen LogP contribution in [0.3, 0.4) is 0 Å². The van der Waals surface area contributed by atoms with Crippen LogP contribution in [-0.4, -0.2) is 40.9 Å². The molecule has 1 aromatic heterocycles. The average Bonchev–Trinajstić information content (AvgIpc) is 3.33. The molecule has 4 rings (SSSR count). The quantitative estimate of drug-likeness (QED) is 0.426. The van der Waals surface area contributed by atoms with Gasteiger partial charge in [-0.05, 0) is 42.8 Å². The summed E-state index contributed by atoms with van der Waals surface area (Å²) in [5.74, 6) is -0.582. The number of halogens is 2. The Bertz CT molecular complexity index is 1200. The molecular formula is C23H22Cl2N6O2. The van der Waals surface area contributed by atoms with Crippen LogP contribution >= 0.6 is 23.2 Å². The summed E-state index contributed by atoms with van der Waals surface area (Å²) in [7, 11) is 0. The number of nitrogen functional groups attached to an aromatic ring is 1. The number of hydrogen-bond donors (Lipinski definition) is 4. The Balaban J connectivity index is 1.49. The molecule has 0 bridgehead atoms. The van der Waals surface area contributed by atoms with E-state index in [9.17, 15) is 9.59 Å². The van der Waals surface area contributed by atoms with Crippen molar-refractivity contribution < 1.29 is 9.59 Å². The molecule has 3 aromatic rings. The summed E-state index contributed by atoms with van der Waals surface area (Å²) >= 11 is 12.0. The van der Waals surface area contributed by atoms with Gasteiger partial charge in [-0.15, -0.1) is 0 Å². The van der Waals surface area contributed by atoms with Gasteiger partial charge in [-0.25, -0.2) is 9.97 Å². The van der Waals surface area contributed by atoms with Crippen molar-refractivity contribution in [1.82, 2.24) is 25.9 Å². The van der Waals surface area contributed by atoms with Crippen LogP contribution < -0.4 is 21.7 Å². The molecule has 1 fully saturated rings. The number of aromatic nitrogens is 2. The van der Waals surface area contributed by atoms with E-state index in [-0.39, 0.29) is 29.4 Å². The SMILES string of the molecule is Nc1ncc(-c2cccc(C(=O)NCc3ccc(Cl)c(Cl)c3)c2)nc1C(=O)N[C@H]1CCNC1. The number of benzene rings is 2. The van der Waals surface area contributed by atoms with Gasteiger partial charge < -0.3 is 21.7 Å². The molecule has 170 valence electrons. The zero-order valence-corrected chi connectivity index (χ0v) is 19.1. The van der Waals surface area contributed by atoms with Crippen LogP contribution in [-0.2, 0) is 6.54 Å². The van der Waals surface area contributed by atoms with Crippen molar-refractivity contribution in [3.63, 3.8) is 0 Å². The minimum atomic E-state index is -0.369. The lowest BCUT2D eigenvalue weighted by atomic mass is 10.1. The van der Waals surface area contributed by atoms with Gasteiger partial charge in [0, 0.05) is 30.3 Å². The van der Waals surface area contributed by atoms with Crippen molar-refractivity contribution in [2.24, 2.45) is 0 Å². The molecule has 0 saturated carbocycles. The van der Waals surface area contributed by atoms with Crippen molar-refractivity contribution in [3.05, 3.63) is 75.5 Å². The molecule has 1 aliphatic rings. The molecule has 0 unspecified atom stereocenters. The highest BCUT2D eigenvalue weighted by Gasteiger charge is 2.21. The van der Waals surface area contributed by atoms with Crippen molar-refractivity contribution in [2.75, 3.05) is 18.8 Å². The highest BCUT2D eigenvalue weighted by atomic mass is 35.5. The van der Waals surface area contributed by atoms with Gasteiger partial charge in [0.25, 0.3) is 11.8 Å². The molecular weight excluding hydrogens is 463 g/mol. The standard InChI is InChI=1S/C23H22Cl2N6O2/c24-17-5-4-13(8-18(17)25)10-29-22(32)15-3-1-2-14(9-15)19-12-28-21(26)20(31-19)23(33)30-16-6-7-27-11-16/h1-5,8-9,12,16,27H,6-7,10-11H2,(H2,26,28)(H,29,32)(H,30,33)/t16-/m0/s1. The third-order valence-corrected chi connectivity index (χ3v) is 6.01. The van der Waals surface area contributed by atoms with E-state index in [1.54, 1.807) is 42.5 Å². The average molecular weight is 485 g/mol. The lowest BCUT2D eigenvalue weighted by Crippen LogP contribution is -2.37. The maximum Gasteiger partial charge on any atom is 0.274 e. The molecule has 2 heterocycles. The third kappa shape index (κ3) is 5.60. The Morgan fingerprint density at radius 1 is 1.12 bits per heavy atom. The fourth-order valence-electron chi connectivity index (χ4n) is 3.49. The van der Waals surface area contributed by atoms with Crippen LogP contribution in [0.15, 0.2) is 48.7 Å². The summed E-state index contributed by atoms with van der Waals surface area (Å²) in [5.41, 5.74) is 8.31. The molecule has 0 radical (unpaired) electrons. The number of nitrogens with zero attached hydrogens (tertiary/aromatic N) is 2. The van der Waals surface area contributed by atoms with E-state index in [1.807, 2.05) is 0 Å². The maximum atomic E-state index is 12.7. The minimum absolute atomic E-state index is 0.0323. The first-order valence-electron chi connectivity index (χ1n) is 10.4. The van der Waals surface area contributed by atoms with Crippen LogP contribution in [0.2, 0.25) is 10.0 Å². The van der Waals surface area contributed by atoms with Gasteiger partial charge in [-0.1, -0.05) is 41.4 Å². The van der Waals surface area contributed by atoms with Crippen molar-refractivity contribution in [3.8, 4) is 11.3 Å². The van der Waals surface area contributed by atoms with Crippen molar-refractivity contribution >= 4 is 40.8 Å². The van der Waals surface area contributed by atoms with Crippen LogP contribution in [0.1, 0.15) is 32.8 Å². The molecule has 0 spiro atoms. The van der Waals surface area contributed by atoms with Crippen molar-refractivity contribution in [1.29, 1.82) is 0 Å². The van der Waals surface area contributed by atoms with Gasteiger partial charge >= 0.3 is 0 Å². The predicted octanol–water partition coefficient (Wildman–Crippen LogP) is 3.05. The van der Waals surface area contributed by atoms with E-state index in [4.69, 9.17) is 28.9 Å². The number of hydrogen-bond acceptors (Lipinski definition) is 6. The minimum Gasteiger partial charge on any atom is -0.382 e. The summed E-state index contributed by atoms with van der Waals surface area (Å²) < 4.78 is 0. The fourth-order valence-corrected chi connectivity index (χ4v) is 3.81.